The Kier molecular flexibility index (Phi) is 13.1. The minimum Gasteiger partial charge on any atom is -0.478 e. The van der Waals surface area contributed by atoms with Crippen LogP contribution in [0.4, 0.5) is 26.3 Å². The van der Waals surface area contributed by atoms with Crippen molar-refractivity contribution in [3.63, 3.8) is 0 Å². The van der Waals surface area contributed by atoms with Crippen LogP contribution in [0.2, 0.25) is 0 Å². The monoisotopic (exact) mass is 932 g/mol. The largest absolute Gasteiger partial charge is 0.478 e. The Bertz CT molecular complexity index is 2460. The van der Waals surface area contributed by atoms with E-state index in [0.717, 1.165) is 99.2 Å². The molecule has 5 fully saturated rings. The molecule has 4 N–H and O–H groups in total. The van der Waals surface area contributed by atoms with Crippen LogP contribution in [0.15, 0.2) is 97.1 Å². The van der Waals surface area contributed by atoms with Crippen LogP contribution >= 0.6 is 0 Å². The molecular weight excluding hydrogens is 879 g/mol. The minimum atomic E-state index is -4.40. The third kappa shape index (κ3) is 11.3. The number of piperidine rings is 2. The molecule has 3 saturated carbocycles. The van der Waals surface area contributed by atoms with Gasteiger partial charge < -0.3 is 20.8 Å². The fourth-order valence-electron chi connectivity index (χ4n) is 9.80. The molecule has 4 aromatic rings. The first-order chi connectivity index (χ1) is 31.7. The summed E-state index contributed by atoms with van der Waals surface area (Å²) >= 11 is 0. The third-order valence-corrected chi connectivity index (χ3v) is 14.6. The summed E-state index contributed by atoms with van der Waals surface area (Å²) in [6.45, 7) is 3.95. The Morgan fingerprint density at radius 3 is 1.58 bits per heavy atom. The Labute approximate surface area is 384 Å². The van der Waals surface area contributed by atoms with E-state index in [0.29, 0.717) is 31.6 Å². The molecule has 3 aliphatic carbocycles. The van der Waals surface area contributed by atoms with Gasteiger partial charge in [0, 0.05) is 13.1 Å². The van der Waals surface area contributed by atoms with Crippen molar-refractivity contribution in [1.29, 1.82) is 0 Å². The number of hydrogen-bond donors (Lipinski definition) is 4. The summed E-state index contributed by atoms with van der Waals surface area (Å²) < 4.78 is 78.1. The number of halogens is 6. The molecule has 0 bridgehead atoms. The zero-order valence-corrected chi connectivity index (χ0v) is 37.1. The highest BCUT2D eigenvalue weighted by Crippen LogP contribution is 2.56. The van der Waals surface area contributed by atoms with Gasteiger partial charge in [-0.25, -0.2) is 9.59 Å². The number of alkyl halides is 6. The number of hydrogen-bond acceptors (Lipinski definition) is 6. The first kappa shape index (κ1) is 47.7. The number of carboxylic acids is 2. The molecule has 4 aromatic carbocycles. The van der Waals surface area contributed by atoms with Gasteiger partial charge in [0.25, 0.3) is 0 Å². The second-order valence-corrected chi connectivity index (χ2v) is 19.4. The standard InChI is InChI=1S/C26H27F3N2O3.C25H27F3N2O3/c27-26(28,29)20-3-1-2-17(14-20)16-31-13-12-24(8-9-24)15-21(31)22(32)30-25(10-11-25)19-6-4-18(5-7-19)23(33)34;1-16(18-4-6-19(7-5-18)23(32)33)29-22(31)21-14-24(10-11-24)12-13-30(21)15-17-2-8-20(9-3-17)25(26,27)28/h1-7,14,21H,8-13,15-16H2,(H,30,32)(H,33,34);2-9,16,21H,10-15H2,1H3,(H,29,31)(H,32,33)/t;16-,21?/m.0/s1. The lowest BCUT2D eigenvalue weighted by Crippen LogP contribution is -2.53. The van der Waals surface area contributed by atoms with E-state index >= 15 is 0 Å². The van der Waals surface area contributed by atoms with Crippen molar-refractivity contribution >= 4 is 23.8 Å². The molecule has 2 aliphatic heterocycles. The number of rotatable bonds is 12. The van der Waals surface area contributed by atoms with Gasteiger partial charge in [0.1, 0.15) is 0 Å². The highest BCUT2D eigenvalue weighted by atomic mass is 19.4. The minimum absolute atomic E-state index is 0.0993. The lowest BCUT2D eigenvalue weighted by molar-refractivity contribution is -0.138. The van der Waals surface area contributed by atoms with E-state index < -0.39 is 47.0 Å². The van der Waals surface area contributed by atoms with Crippen LogP contribution in [0.3, 0.4) is 0 Å². The van der Waals surface area contributed by atoms with Gasteiger partial charge in [-0.1, -0.05) is 54.6 Å². The third-order valence-electron chi connectivity index (χ3n) is 14.6. The predicted octanol–water partition coefficient (Wildman–Crippen LogP) is 9.98. The van der Waals surface area contributed by atoms with Crippen molar-refractivity contribution in [1.82, 2.24) is 20.4 Å². The maximum atomic E-state index is 13.5. The van der Waals surface area contributed by atoms with Crippen molar-refractivity contribution in [2.24, 2.45) is 10.8 Å². The van der Waals surface area contributed by atoms with Gasteiger partial charge in [-0.3, -0.25) is 19.4 Å². The molecule has 16 heteroatoms. The summed E-state index contributed by atoms with van der Waals surface area (Å²) in [6, 6.07) is 22.4. The van der Waals surface area contributed by atoms with E-state index in [1.54, 1.807) is 42.5 Å². The summed E-state index contributed by atoms with van der Waals surface area (Å²) in [5, 5.41) is 24.5. The van der Waals surface area contributed by atoms with Crippen LogP contribution in [-0.4, -0.2) is 68.9 Å². The fourth-order valence-corrected chi connectivity index (χ4v) is 9.80. The van der Waals surface area contributed by atoms with Gasteiger partial charge in [0.05, 0.1) is 45.9 Å². The Morgan fingerprint density at radius 1 is 0.612 bits per heavy atom. The van der Waals surface area contributed by atoms with Crippen LogP contribution in [0.25, 0.3) is 0 Å². The van der Waals surface area contributed by atoms with E-state index in [4.69, 9.17) is 10.2 Å². The maximum Gasteiger partial charge on any atom is 0.416 e. The predicted molar refractivity (Wildman–Crippen MR) is 236 cm³/mol. The normalized spacial score (nSPS) is 21.9. The molecule has 2 heterocycles. The molecule has 3 atom stereocenters. The Morgan fingerprint density at radius 2 is 1.10 bits per heavy atom. The number of carbonyl (C=O) groups excluding carboxylic acids is 2. The number of carbonyl (C=O) groups is 4. The first-order valence-corrected chi connectivity index (χ1v) is 22.8. The van der Waals surface area contributed by atoms with E-state index in [1.165, 1.54) is 36.4 Å². The fraction of sp³-hybridized carbons (Fsp3) is 0.451. The number of nitrogens with zero attached hydrogens (tertiary/aromatic N) is 2. The zero-order chi connectivity index (χ0) is 47.9. The number of amides is 2. The second kappa shape index (κ2) is 18.4. The topological polar surface area (TPSA) is 139 Å². The maximum absolute atomic E-state index is 13.5. The highest BCUT2D eigenvalue weighted by molar-refractivity contribution is 5.88. The summed E-state index contributed by atoms with van der Waals surface area (Å²) in [7, 11) is 0. The average molecular weight is 933 g/mol. The molecule has 0 aromatic heterocycles. The van der Waals surface area contributed by atoms with Gasteiger partial charge in [-0.15, -0.1) is 0 Å². The molecule has 2 amide bonds. The van der Waals surface area contributed by atoms with Crippen molar-refractivity contribution < 1.29 is 55.7 Å². The lowest BCUT2D eigenvalue weighted by Gasteiger charge is -2.40. The Hall–Kier alpha value is -5.74. The van der Waals surface area contributed by atoms with Crippen LogP contribution in [-0.2, 0) is 40.6 Å². The summed E-state index contributed by atoms with van der Waals surface area (Å²) in [5.41, 5.74) is 1.90. The van der Waals surface area contributed by atoms with Crippen LogP contribution in [0, 0.1) is 10.8 Å². The number of carboxylic acid groups (broad SMARTS) is 2. The molecule has 5 aliphatic rings. The van der Waals surface area contributed by atoms with E-state index in [9.17, 15) is 45.5 Å². The van der Waals surface area contributed by atoms with E-state index in [-0.39, 0.29) is 45.9 Å². The lowest BCUT2D eigenvalue weighted by atomic mass is 9.86. The van der Waals surface area contributed by atoms with Crippen molar-refractivity contribution in [3.05, 3.63) is 142 Å². The van der Waals surface area contributed by atoms with Crippen LogP contribution in [0.1, 0.15) is 131 Å². The second-order valence-electron chi connectivity index (χ2n) is 19.4. The van der Waals surface area contributed by atoms with Crippen LogP contribution < -0.4 is 10.6 Å². The molecule has 2 spiro atoms. The van der Waals surface area contributed by atoms with Gasteiger partial charge in [-0.05, 0) is 160 Å². The SMILES string of the molecule is C[C@H](NC(=O)C1CC2(CCN1Cc1ccc(C(F)(F)F)cc1)CC2)c1ccc(C(=O)O)cc1.O=C(O)c1ccc(C2(NC(=O)C3CC4(CCN3Cc3cccc(C(F)(F)F)c3)CC4)CC2)cc1. The van der Waals surface area contributed by atoms with Gasteiger partial charge in [0.2, 0.25) is 11.8 Å². The number of aromatic carboxylic acids is 2. The highest BCUT2D eigenvalue weighted by Gasteiger charge is 2.53. The van der Waals surface area contributed by atoms with Gasteiger partial charge >= 0.3 is 24.3 Å². The molecule has 9 rings (SSSR count). The summed E-state index contributed by atoms with van der Waals surface area (Å²) in [5.74, 6) is -2.21. The quantitative estimate of drug-likeness (QED) is 0.103. The average Bonchev–Trinajstić information content (AvgIpc) is 4.24. The molecule has 67 heavy (non-hydrogen) atoms. The molecular formula is C51H54F6N4O6. The van der Waals surface area contributed by atoms with Gasteiger partial charge in [-0.2, -0.15) is 26.3 Å². The number of nitrogens with one attached hydrogen (secondary N) is 2. The zero-order valence-electron chi connectivity index (χ0n) is 37.1. The van der Waals surface area contributed by atoms with Gasteiger partial charge in [0.15, 0.2) is 0 Å². The number of benzene rings is 4. The van der Waals surface area contributed by atoms with Crippen molar-refractivity contribution in [3.8, 4) is 0 Å². The Balaban J connectivity index is 0.000000182. The van der Waals surface area contributed by atoms with Crippen molar-refractivity contribution in [2.45, 2.75) is 120 Å². The van der Waals surface area contributed by atoms with E-state index in [1.807, 2.05) is 11.8 Å². The molecule has 0 radical (unpaired) electrons. The molecule has 2 unspecified atom stereocenters. The smallest absolute Gasteiger partial charge is 0.416 e. The molecule has 10 nitrogen and oxygen atoms in total. The van der Waals surface area contributed by atoms with Crippen molar-refractivity contribution in [2.75, 3.05) is 13.1 Å². The summed E-state index contributed by atoms with van der Waals surface area (Å²) in [6.07, 6.45) is 0.578. The summed E-state index contributed by atoms with van der Waals surface area (Å²) in [4.78, 5) is 53.1. The molecule has 356 valence electrons. The van der Waals surface area contributed by atoms with E-state index in [2.05, 4.69) is 15.5 Å². The van der Waals surface area contributed by atoms with Crippen LogP contribution in [0.5, 0.6) is 0 Å². The number of likely N-dealkylation sites (tertiary alicyclic amines) is 2. The molecule has 2 saturated heterocycles. The first-order valence-electron chi connectivity index (χ1n) is 22.8.